The van der Waals surface area contributed by atoms with Crippen LogP contribution in [0.25, 0.3) is 0 Å². The van der Waals surface area contributed by atoms with Crippen molar-refractivity contribution < 1.29 is 9.53 Å². The van der Waals surface area contributed by atoms with Gasteiger partial charge in [-0.3, -0.25) is 4.79 Å². The quantitative estimate of drug-likeness (QED) is 0.725. The molecule has 16 heavy (non-hydrogen) atoms. The van der Waals surface area contributed by atoms with Crippen molar-refractivity contribution in [1.82, 2.24) is 4.90 Å². The van der Waals surface area contributed by atoms with E-state index in [1.54, 1.807) is 4.90 Å². The summed E-state index contributed by atoms with van der Waals surface area (Å²) in [5.74, 6) is 0.126. The largest absolute Gasteiger partial charge is 0.375 e. The van der Waals surface area contributed by atoms with Crippen LogP contribution in [0.4, 0.5) is 0 Å². The first-order valence-corrected chi connectivity index (χ1v) is 5.99. The average Bonchev–Trinajstić information content (AvgIpc) is 2.14. The Morgan fingerprint density at radius 1 is 1.25 bits per heavy atom. The molecule has 0 radical (unpaired) electrons. The Morgan fingerprint density at radius 2 is 1.69 bits per heavy atom. The van der Waals surface area contributed by atoms with Gasteiger partial charge in [0.1, 0.15) is 0 Å². The summed E-state index contributed by atoms with van der Waals surface area (Å²) in [7, 11) is 1.84. The van der Waals surface area contributed by atoms with Crippen LogP contribution in [0.2, 0.25) is 0 Å². The van der Waals surface area contributed by atoms with Gasteiger partial charge >= 0.3 is 0 Å². The summed E-state index contributed by atoms with van der Waals surface area (Å²) in [4.78, 5) is 14.2. The van der Waals surface area contributed by atoms with Crippen molar-refractivity contribution in [2.75, 3.05) is 13.7 Å². The molecule has 96 valence electrons. The van der Waals surface area contributed by atoms with E-state index in [0.29, 0.717) is 6.61 Å². The lowest BCUT2D eigenvalue weighted by Crippen LogP contribution is -2.53. The average molecular weight is 229 g/mol. The Hall–Kier alpha value is -0.570. The molecule has 0 N–H and O–H groups in total. The lowest BCUT2D eigenvalue weighted by atomic mass is 9.75. The maximum atomic E-state index is 12.4. The molecule has 0 aliphatic rings. The third kappa shape index (κ3) is 2.97. The van der Waals surface area contributed by atoms with Gasteiger partial charge < -0.3 is 9.64 Å². The van der Waals surface area contributed by atoms with Gasteiger partial charge in [0.25, 0.3) is 0 Å². The number of ether oxygens (including phenoxy) is 1. The molecule has 0 saturated carbocycles. The predicted molar refractivity (Wildman–Crippen MR) is 67.4 cm³/mol. The van der Waals surface area contributed by atoms with Gasteiger partial charge in [0.2, 0.25) is 5.91 Å². The van der Waals surface area contributed by atoms with E-state index in [1.807, 2.05) is 55.5 Å². The zero-order valence-corrected chi connectivity index (χ0v) is 12.0. The molecule has 0 aliphatic carbocycles. The van der Waals surface area contributed by atoms with Crippen LogP contribution in [0.15, 0.2) is 0 Å². The summed E-state index contributed by atoms with van der Waals surface area (Å²) in [6.45, 7) is 14.5. The Labute approximate surface area is 100 Å². The van der Waals surface area contributed by atoms with E-state index in [4.69, 9.17) is 4.74 Å². The number of nitrogens with zero attached hydrogens (tertiary/aromatic N) is 1. The Bertz CT molecular complexity index is 244. The van der Waals surface area contributed by atoms with Gasteiger partial charge in [-0.1, -0.05) is 0 Å². The molecule has 0 aromatic heterocycles. The molecule has 0 saturated heterocycles. The summed E-state index contributed by atoms with van der Waals surface area (Å²) >= 11 is 0. The minimum Gasteiger partial charge on any atom is -0.375 e. The maximum absolute atomic E-state index is 12.4. The summed E-state index contributed by atoms with van der Waals surface area (Å²) in [5, 5.41) is 0. The molecule has 0 spiro atoms. The van der Waals surface area contributed by atoms with Crippen LogP contribution in [0.1, 0.15) is 48.5 Å². The first-order valence-electron chi connectivity index (χ1n) is 5.99. The van der Waals surface area contributed by atoms with Crippen LogP contribution < -0.4 is 0 Å². The lowest BCUT2D eigenvalue weighted by molar-refractivity contribution is -0.161. The van der Waals surface area contributed by atoms with Crippen LogP contribution in [-0.4, -0.2) is 36.1 Å². The third-order valence-electron chi connectivity index (χ3n) is 3.64. The van der Waals surface area contributed by atoms with Crippen molar-refractivity contribution in [2.45, 2.75) is 60.1 Å². The van der Waals surface area contributed by atoms with Crippen molar-refractivity contribution in [3.63, 3.8) is 0 Å². The zero-order valence-electron chi connectivity index (χ0n) is 12.0. The van der Waals surface area contributed by atoms with Crippen molar-refractivity contribution in [1.29, 1.82) is 0 Å². The number of carbonyl (C=O) groups excluding carboxylic acids is 1. The number of carbonyl (C=O) groups is 1. The van der Waals surface area contributed by atoms with E-state index in [-0.39, 0.29) is 11.9 Å². The summed E-state index contributed by atoms with van der Waals surface area (Å²) in [5.41, 5.74) is -0.982. The molecule has 0 fully saturated rings. The number of hydrogen-bond acceptors (Lipinski definition) is 2. The summed E-state index contributed by atoms with van der Waals surface area (Å²) < 4.78 is 5.70. The number of hydrogen-bond donors (Lipinski definition) is 0. The second-order valence-corrected chi connectivity index (χ2v) is 5.58. The van der Waals surface area contributed by atoms with Gasteiger partial charge in [-0.25, -0.2) is 0 Å². The van der Waals surface area contributed by atoms with Gasteiger partial charge in [0.05, 0.1) is 11.0 Å². The van der Waals surface area contributed by atoms with E-state index in [0.717, 1.165) is 0 Å². The van der Waals surface area contributed by atoms with E-state index >= 15 is 0 Å². The minimum absolute atomic E-state index is 0.126. The minimum atomic E-state index is -0.526. The summed E-state index contributed by atoms with van der Waals surface area (Å²) in [6.07, 6.45) is 0. The molecular weight excluding hydrogens is 202 g/mol. The molecule has 0 aromatic carbocycles. The Balaban J connectivity index is 4.97. The highest BCUT2D eigenvalue weighted by Crippen LogP contribution is 2.35. The van der Waals surface area contributed by atoms with Crippen LogP contribution >= 0.6 is 0 Å². The summed E-state index contributed by atoms with van der Waals surface area (Å²) in [6, 6.07) is 0.212. The fourth-order valence-corrected chi connectivity index (χ4v) is 1.47. The second kappa shape index (κ2) is 5.17. The SMILES string of the molecule is CCOC(C)(C)C(C)(C)C(=O)N(C)C(C)C. The van der Waals surface area contributed by atoms with E-state index < -0.39 is 11.0 Å². The first-order chi connectivity index (χ1) is 7.08. The Morgan fingerprint density at radius 3 is 2.00 bits per heavy atom. The highest BCUT2D eigenvalue weighted by atomic mass is 16.5. The van der Waals surface area contributed by atoms with Crippen LogP contribution in [-0.2, 0) is 9.53 Å². The molecule has 0 unspecified atom stereocenters. The number of amides is 1. The standard InChI is InChI=1S/C13H27NO2/c1-9-16-13(6,7)12(4,5)11(15)14(8)10(2)3/h10H,9H2,1-8H3. The van der Waals surface area contributed by atoms with Crippen LogP contribution in [0.5, 0.6) is 0 Å². The molecule has 3 nitrogen and oxygen atoms in total. The molecule has 0 bridgehead atoms. The predicted octanol–water partition coefficient (Wildman–Crippen LogP) is 2.69. The smallest absolute Gasteiger partial charge is 0.231 e. The number of rotatable bonds is 5. The van der Waals surface area contributed by atoms with Crippen molar-refractivity contribution in [3.8, 4) is 0 Å². The fourth-order valence-electron chi connectivity index (χ4n) is 1.47. The van der Waals surface area contributed by atoms with E-state index in [9.17, 15) is 4.79 Å². The molecule has 0 aromatic rings. The Kier molecular flexibility index (Phi) is 4.99. The van der Waals surface area contributed by atoms with Gasteiger partial charge in [-0.2, -0.15) is 0 Å². The van der Waals surface area contributed by atoms with E-state index in [1.165, 1.54) is 0 Å². The van der Waals surface area contributed by atoms with Gasteiger partial charge in [0.15, 0.2) is 0 Å². The first kappa shape index (κ1) is 15.4. The normalized spacial score (nSPS) is 13.1. The highest BCUT2D eigenvalue weighted by Gasteiger charge is 2.45. The maximum Gasteiger partial charge on any atom is 0.231 e. The molecular formula is C13H27NO2. The van der Waals surface area contributed by atoms with E-state index in [2.05, 4.69) is 0 Å². The highest BCUT2D eigenvalue weighted by molar-refractivity contribution is 5.83. The molecule has 0 rings (SSSR count). The topological polar surface area (TPSA) is 29.5 Å². The van der Waals surface area contributed by atoms with Gasteiger partial charge in [0, 0.05) is 19.7 Å². The van der Waals surface area contributed by atoms with Crippen molar-refractivity contribution >= 4 is 5.91 Å². The molecule has 0 heterocycles. The van der Waals surface area contributed by atoms with Crippen molar-refractivity contribution in [2.24, 2.45) is 5.41 Å². The van der Waals surface area contributed by atoms with Crippen molar-refractivity contribution in [3.05, 3.63) is 0 Å². The molecule has 3 heteroatoms. The van der Waals surface area contributed by atoms with Crippen LogP contribution in [0, 0.1) is 5.41 Å². The molecule has 1 amide bonds. The van der Waals surface area contributed by atoms with Crippen LogP contribution in [0.3, 0.4) is 0 Å². The molecule has 0 aliphatic heterocycles. The van der Waals surface area contributed by atoms with Gasteiger partial charge in [-0.05, 0) is 48.5 Å². The lowest BCUT2D eigenvalue weighted by Gasteiger charge is -2.42. The van der Waals surface area contributed by atoms with Gasteiger partial charge in [-0.15, -0.1) is 0 Å². The molecule has 0 atom stereocenters. The zero-order chi connectivity index (χ0) is 13.1. The second-order valence-electron chi connectivity index (χ2n) is 5.58. The third-order valence-corrected chi connectivity index (χ3v) is 3.64. The monoisotopic (exact) mass is 229 g/mol. The fraction of sp³-hybridized carbons (Fsp3) is 0.923.